The molecule has 1 unspecified atom stereocenters. The van der Waals surface area contributed by atoms with Crippen LogP contribution in [0.4, 0.5) is 0 Å². The summed E-state index contributed by atoms with van der Waals surface area (Å²) in [6.07, 6.45) is 11.3. The molecule has 0 aliphatic carbocycles. The number of aryl methyl sites for hydroxylation is 5. The van der Waals surface area contributed by atoms with Crippen LogP contribution in [-0.2, 0) is 52.8 Å². The van der Waals surface area contributed by atoms with Crippen LogP contribution in [0.3, 0.4) is 0 Å². The molecule has 1 aromatic heterocycles. The number of benzene rings is 9. The summed E-state index contributed by atoms with van der Waals surface area (Å²) in [5.74, 6) is 0.920. The van der Waals surface area contributed by atoms with Gasteiger partial charge in [0.05, 0.1) is 5.82 Å². The largest absolute Gasteiger partial charge is 0.668 e. The SMILES string of the molecule is CN1C=C[N-]C1c1[c-]cc(CCc2cc(CCc3c[c-]c(-c4nccn4C)cc3)cc(-c3ccccc3-c3c[c-]c(-c4[c-]cccc4)cc3-c3ccc(-c4ccc(-c5ccccc5)cc4)cc3)c2)cc1.[Ir]. The van der Waals surface area contributed by atoms with Crippen LogP contribution >= 0.6 is 0 Å². The third-order valence-corrected chi connectivity index (χ3v) is 13.5. The molecule has 71 heavy (non-hydrogen) atoms. The Bertz CT molecular complexity index is 3390. The van der Waals surface area contributed by atoms with Crippen LogP contribution < -0.4 is 0 Å². The predicted molar refractivity (Wildman–Crippen MR) is 287 cm³/mol. The topological polar surface area (TPSA) is 35.2 Å². The number of imidazole rings is 1. The third-order valence-electron chi connectivity index (χ3n) is 13.5. The van der Waals surface area contributed by atoms with Crippen molar-refractivity contribution in [2.75, 3.05) is 7.05 Å². The van der Waals surface area contributed by atoms with Crippen LogP contribution in [0.2, 0.25) is 0 Å². The van der Waals surface area contributed by atoms with E-state index in [0.717, 1.165) is 70.5 Å². The fraction of sp³-hybridized carbons (Fsp3) is 0.106. The van der Waals surface area contributed by atoms with Crippen molar-refractivity contribution in [2.45, 2.75) is 31.8 Å². The summed E-state index contributed by atoms with van der Waals surface area (Å²) in [6, 6.07) is 84.4. The molecule has 10 aromatic rings. The van der Waals surface area contributed by atoms with Gasteiger partial charge in [0.15, 0.2) is 0 Å². The first-order chi connectivity index (χ1) is 34.5. The van der Waals surface area contributed by atoms with E-state index >= 15 is 0 Å². The van der Waals surface area contributed by atoms with Gasteiger partial charge in [-0.3, -0.25) is 4.98 Å². The van der Waals surface area contributed by atoms with Crippen molar-refractivity contribution >= 4 is 0 Å². The summed E-state index contributed by atoms with van der Waals surface area (Å²) >= 11 is 0. The quantitative estimate of drug-likeness (QED) is 0.102. The maximum Gasteiger partial charge on any atom is 0.0555 e. The van der Waals surface area contributed by atoms with Crippen molar-refractivity contribution in [2.24, 2.45) is 7.05 Å². The minimum absolute atomic E-state index is 0. The Morgan fingerprint density at radius 2 is 1.07 bits per heavy atom. The van der Waals surface area contributed by atoms with E-state index in [9.17, 15) is 0 Å². The second-order valence-electron chi connectivity index (χ2n) is 18.2. The molecular weight excluding hydrogens is 1040 g/mol. The molecule has 1 atom stereocenters. The summed E-state index contributed by atoms with van der Waals surface area (Å²) in [4.78, 5) is 6.65. The summed E-state index contributed by atoms with van der Waals surface area (Å²) in [5.41, 5.74) is 21.1. The molecule has 5 heteroatoms. The van der Waals surface area contributed by atoms with Crippen molar-refractivity contribution in [3.05, 3.63) is 276 Å². The zero-order chi connectivity index (χ0) is 47.2. The molecule has 1 aliphatic heterocycles. The second kappa shape index (κ2) is 21.4. The normalized spacial score (nSPS) is 12.9. The van der Waals surface area contributed by atoms with E-state index in [1.54, 1.807) is 0 Å². The fourth-order valence-electron chi connectivity index (χ4n) is 9.62. The molecule has 0 fully saturated rings. The van der Waals surface area contributed by atoms with Gasteiger partial charge in [0.2, 0.25) is 0 Å². The molecular formula is C66H51IrN4-5. The average Bonchev–Trinajstić information content (AvgIpc) is 4.07. The van der Waals surface area contributed by atoms with Crippen molar-refractivity contribution in [3.63, 3.8) is 0 Å². The molecule has 11 rings (SSSR count). The Morgan fingerprint density at radius 3 is 1.66 bits per heavy atom. The standard InChI is InChI=1S/C66H51N4.Ir/c1-69-41-39-67-65(69)57-25-21-47(22-26-57)17-19-49-43-50(20-18-48-23-27-58(28-24-48)66-68-40-42-70(66)2)45-60(44-49)61-15-9-10-16-62(61)63-38-37-59(52-13-7-4-8-14-52)46-64(63)56-35-33-55(34-36-56)54-31-29-53(30-32-54)51-11-5-3-6-12-51;/h3-13,15-16,21-25,27,29-36,38-46,65H,17-20H2,1-2H3;/q-5;. The van der Waals surface area contributed by atoms with Gasteiger partial charge in [0.25, 0.3) is 0 Å². The molecule has 0 bridgehead atoms. The summed E-state index contributed by atoms with van der Waals surface area (Å²) in [6.45, 7) is 0. The van der Waals surface area contributed by atoms with E-state index in [0.29, 0.717) is 0 Å². The van der Waals surface area contributed by atoms with E-state index in [-0.39, 0.29) is 26.3 Å². The van der Waals surface area contributed by atoms with Gasteiger partial charge in [0, 0.05) is 46.6 Å². The van der Waals surface area contributed by atoms with Gasteiger partial charge in [-0.1, -0.05) is 145 Å². The van der Waals surface area contributed by atoms with Gasteiger partial charge in [-0.15, -0.1) is 53.1 Å². The number of hydrogen-bond donors (Lipinski definition) is 0. The van der Waals surface area contributed by atoms with E-state index < -0.39 is 0 Å². The van der Waals surface area contributed by atoms with E-state index in [2.05, 4.69) is 229 Å². The predicted octanol–water partition coefficient (Wildman–Crippen LogP) is 15.6. The fourth-order valence-corrected chi connectivity index (χ4v) is 9.62. The molecule has 1 radical (unpaired) electrons. The molecule has 0 saturated heterocycles. The van der Waals surface area contributed by atoms with E-state index in [1.807, 2.05) is 48.5 Å². The number of nitrogens with zero attached hydrogens (tertiary/aromatic N) is 4. The molecule has 0 N–H and O–H groups in total. The maximum atomic E-state index is 4.62. The molecule has 0 amide bonds. The van der Waals surface area contributed by atoms with Gasteiger partial charge < -0.3 is 14.8 Å². The smallest absolute Gasteiger partial charge is 0.0555 e. The molecule has 0 spiro atoms. The van der Waals surface area contributed by atoms with Crippen LogP contribution in [0.1, 0.15) is 34.0 Å². The number of rotatable bonds is 14. The van der Waals surface area contributed by atoms with Crippen LogP contribution in [0.15, 0.2) is 219 Å². The second-order valence-corrected chi connectivity index (χ2v) is 18.2. The molecule has 2 heterocycles. The zero-order valence-corrected chi connectivity index (χ0v) is 42.2. The Hall–Kier alpha value is -7.82. The molecule has 9 aromatic carbocycles. The first-order valence-corrected chi connectivity index (χ1v) is 24.1. The minimum atomic E-state index is -0.00851. The van der Waals surface area contributed by atoms with Gasteiger partial charge in [0.1, 0.15) is 0 Å². The molecule has 0 saturated carbocycles. The summed E-state index contributed by atoms with van der Waals surface area (Å²) in [5, 5.41) is 4.62. The van der Waals surface area contributed by atoms with Gasteiger partial charge >= 0.3 is 0 Å². The van der Waals surface area contributed by atoms with E-state index in [4.69, 9.17) is 0 Å². The zero-order valence-electron chi connectivity index (χ0n) is 39.8. The van der Waals surface area contributed by atoms with Gasteiger partial charge in [-0.25, -0.2) is 11.1 Å². The van der Waals surface area contributed by atoms with E-state index in [1.165, 1.54) is 61.2 Å². The minimum Gasteiger partial charge on any atom is -0.668 e. The van der Waals surface area contributed by atoms with Crippen molar-refractivity contribution in [1.29, 1.82) is 0 Å². The van der Waals surface area contributed by atoms with Crippen molar-refractivity contribution in [3.8, 4) is 78.1 Å². The van der Waals surface area contributed by atoms with Gasteiger partial charge in [-0.05, 0) is 75.3 Å². The molecule has 1 aliphatic rings. The van der Waals surface area contributed by atoms with Crippen molar-refractivity contribution in [1.82, 2.24) is 14.5 Å². The Kier molecular flexibility index (Phi) is 14.2. The number of aromatic nitrogens is 2. The maximum absolute atomic E-state index is 4.62. The van der Waals surface area contributed by atoms with Crippen LogP contribution in [-0.4, -0.2) is 21.5 Å². The first-order valence-electron chi connectivity index (χ1n) is 24.1. The van der Waals surface area contributed by atoms with Crippen LogP contribution in [0.25, 0.3) is 83.5 Å². The van der Waals surface area contributed by atoms with Crippen LogP contribution in [0.5, 0.6) is 0 Å². The third kappa shape index (κ3) is 10.5. The molecule has 4 nitrogen and oxygen atoms in total. The Balaban J connectivity index is 0.00000582. The monoisotopic (exact) mass is 1090 g/mol. The Labute approximate surface area is 432 Å². The van der Waals surface area contributed by atoms with Crippen molar-refractivity contribution < 1.29 is 20.1 Å². The van der Waals surface area contributed by atoms with Crippen LogP contribution in [0, 0.1) is 24.3 Å². The summed E-state index contributed by atoms with van der Waals surface area (Å²) < 4.78 is 2.03. The average molecular weight is 1090 g/mol. The van der Waals surface area contributed by atoms with Gasteiger partial charge in [-0.2, -0.15) is 78.0 Å². The number of hydrogen-bond acceptors (Lipinski definition) is 2. The first kappa shape index (κ1) is 46.9. The Morgan fingerprint density at radius 1 is 0.465 bits per heavy atom. The summed E-state index contributed by atoms with van der Waals surface area (Å²) in [7, 11) is 4.07. The molecule has 349 valence electrons.